The Morgan fingerprint density at radius 1 is 1.29 bits per heavy atom. The van der Waals surface area contributed by atoms with Crippen LogP contribution in [-0.4, -0.2) is 64.6 Å². The number of hydrogen-bond acceptors (Lipinski definition) is 6. The Morgan fingerprint density at radius 2 is 2.06 bits per heavy atom. The maximum atomic E-state index is 13.1. The Morgan fingerprint density at radius 3 is 2.81 bits per heavy atom. The van der Waals surface area contributed by atoms with Crippen molar-refractivity contribution in [2.75, 3.05) is 32.8 Å². The minimum Gasteiger partial charge on any atom is -0.459 e. The smallest absolute Gasteiger partial charge is 0.339 e. The van der Waals surface area contributed by atoms with E-state index in [1.165, 1.54) is 0 Å². The molecule has 3 aromatic rings. The Hall–Kier alpha value is -2.77. The summed E-state index contributed by atoms with van der Waals surface area (Å²) in [6.07, 6.45) is -0.114. The lowest BCUT2D eigenvalue weighted by molar-refractivity contribution is -0.0612. The number of rotatable bonds is 6. The Kier molecular flexibility index (Phi) is 6.34. The van der Waals surface area contributed by atoms with Crippen molar-refractivity contribution < 1.29 is 14.3 Å². The van der Waals surface area contributed by atoms with Crippen molar-refractivity contribution in [1.29, 1.82) is 0 Å². The fraction of sp³-hybridized carbons (Fsp3) is 0.458. The lowest BCUT2D eigenvalue weighted by atomic mass is 10.1. The number of aryl methyl sites for hydroxylation is 2. The van der Waals surface area contributed by atoms with E-state index in [-0.39, 0.29) is 18.7 Å². The largest absolute Gasteiger partial charge is 0.459 e. The predicted octanol–water partition coefficient (Wildman–Crippen LogP) is 3.46. The van der Waals surface area contributed by atoms with Gasteiger partial charge in [0.1, 0.15) is 12.7 Å². The number of pyridine rings is 1. The van der Waals surface area contributed by atoms with E-state index in [1.54, 1.807) is 4.68 Å². The number of fused-ring (bicyclic) bond motifs is 1. The standard InChI is InChI=1S/C24H30N4O3/c1-16(2)13-28-10-11-30-19(14-28)15-31-24(29)20-12-21(18-8-6-5-7-9-18)25-23-22(20)17(3)26-27(23)4/h5-9,12,16,19H,10-11,13-15H2,1-4H3. The van der Waals surface area contributed by atoms with E-state index >= 15 is 0 Å². The van der Waals surface area contributed by atoms with Crippen molar-refractivity contribution in [1.82, 2.24) is 19.7 Å². The van der Waals surface area contributed by atoms with Crippen LogP contribution in [0.15, 0.2) is 36.4 Å². The summed E-state index contributed by atoms with van der Waals surface area (Å²) in [6, 6.07) is 11.6. The molecule has 31 heavy (non-hydrogen) atoms. The zero-order valence-electron chi connectivity index (χ0n) is 18.7. The molecule has 1 aliphatic rings. The number of benzene rings is 1. The molecule has 0 N–H and O–H groups in total. The number of esters is 1. The molecule has 7 heteroatoms. The first-order chi connectivity index (χ1) is 14.9. The molecule has 1 saturated heterocycles. The summed E-state index contributed by atoms with van der Waals surface area (Å²) in [6.45, 7) is 9.91. The molecule has 1 atom stereocenters. The maximum absolute atomic E-state index is 13.1. The average Bonchev–Trinajstić information content (AvgIpc) is 3.05. The molecule has 1 aliphatic heterocycles. The van der Waals surface area contributed by atoms with Gasteiger partial charge in [0.05, 0.1) is 28.9 Å². The molecular formula is C24H30N4O3. The summed E-state index contributed by atoms with van der Waals surface area (Å²) in [5.74, 6) is 0.224. The van der Waals surface area contributed by atoms with Gasteiger partial charge in [0.25, 0.3) is 0 Å². The van der Waals surface area contributed by atoms with Crippen LogP contribution in [0.3, 0.4) is 0 Å². The highest BCUT2D eigenvalue weighted by atomic mass is 16.6. The van der Waals surface area contributed by atoms with Gasteiger partial charge in [-0.25, -0.2) is 9.78 Å². The van der Waals surface area contributed by atoms with Gasteiger partial charge in [0, 0.05) is 32.2 Å². The normalized spacial score (nSPS) is 17.4. The third-order valence-corrected chi connectivity index (χ3v) is 5.50. The number of aromatic nitrogens is 3. The Labute approximate surface area is 183 Å². The van der Waals surface area contributed by atoms with Gasteiger partial charge in [-0.15, -0.1) is 0 Å². The van der Waals surface area contributed by atoms with Crippen LogP contribution in [0.1, 0.15) is 29.9 Å². The van der Waals surface area contributed by atoms with Gasteiger partial charge < -0.3 is 9.47 Å². The number of nitrogens with zero attached hydrogens (tertiary/aromatic N) is 4. The Balaban J connectivity index is 1.57. The summed E-state index contributed by atoms with van der Waals surface area (Å²) in [5, 5.41) is 5.20. The van der Waals surface area contributed by atoms with Gasteiger partial charge in [-0.1, -0.05) is 44.2 Å². The zero-order valence-corrected chi connectivity index (χ0v) is 18.7. The van der Waals surface area contributed by atoms with E-state index in [0.717, 1.165) is 42.0 Å². The van der Waals surface area contributed by atoms with E-state index < -0.39 is 0 Å². The average molecular weight is 423 g/mol. The third kappa shape index (κ3) is 4.78. The molecule has 4 rings (SSSR count). The van der Waals surface area contributed by atoms with Gasteiger partial charge in [0.15, 0.2) is 5.65 Å². The number of carbonyl (C=O) groups is 1. The first-order valence-electron chi connectivity index (χ1n) is 10.8. The van der Waals surface area contributed by atoms with Gasteiger partial charge in [-0.3, -0.25) is 9.58 Å². The van der Waals surface area contributed by atoms with Crippen LogP contribution < -0.4 is 0 Å². The van der Waals surface area contributed by atoms with Crippen LogP contribution in [0.4, 0.5) is 0 Å². The SMILES string of the molecule is Cc1nn(C)c2nc(-c3ccccc3)cc(C(=O)OCC3CN(CC(C)C)CCO3)c12. The summed E-state index contributed by atoms with van der Waals surface area (Å²) < 4.78 is 13.3. The van der Waals surface area contributed by atoms with Crippen LogP contribution in [-0.2, 0) is 16.5 Å². The van der Waals surface area contributed by atoms with Crippen molar-refractivity contribution in [2.45, 2.75) is 26.9 Å². The highest BCUT2D eigenvalue weighted by Gasteiger charge is 2.25. The molecule has 0 saturated carbocycles. The number of morpholine rings is 1. The number of ether oxygens (including phenoxy) is 2. The second-order valence-corrected chi connectivity index (χ2v) is 8.57. The topological polar surface area (TPSA) is 69.5 Å². The molecule has 7 nitrogen and oxygen atoms in total. The molecule has 0 bridgehead atoms. The summed E-state index contributed by atoms with van der Waals surface area (Å²) in [7, 11) is 1.84. The van der Waals surface area contributed by atoms with Crippen LogP contribution in [0.5, 0.6) is 0 Å². The first kappa shape index (κ1) is 21.5. The monoisotopic (exact) mass is 422 g/mol. The summed E-state index contributed by atoms with van der Waals surface area (Å²) in [4.78, 5) is 20.3. The molecule has 2 aromatic heterocycles. The summed E-state index contributed by atoms with van der Waals surface area (Å²) in [5.41, 5.74) is 3.58. The highest BCUT2D eigenvalue weighted by Crippen LogP contribution is 2.27. The van der Waals surface area contributed by atoms with Crippen molar-refractivity contribution in [3.8, 4) is 11.3 Å². The van der Waals surface area contributed by atoms with Crippen molar-refractivity contribution >= 4 is 17.0 Å². The molecule has 164 valence electrons. The molecule has 0 radical (unpaired) electrons. The van der Waals surface area contributed by atoms with Gasteiger partial charge in [0.2, 0.25) is 0 Å². The second kappa shape index (κ2) is 9.16. The third-order valence-electron chi connectivity index (χ3n) is 5.50. The fourth-order valence-electron chi connectivity index (χ4n) is 4.17. The van der Waals surface area contributed by atoms with Gasteiger partial charge in [-0.2, -0.15) is 5.10 Å². The second-order valence-electron chi connectivity index (χ2n) is 8.57. The van der Waals surface area contributed by atoms with Crippen LogP contribution in [0, 0.1) is 12.8 Å². The molecular weight excluding hydrogens is 392 g/mol. The van der Waals surface area contributed by atoms with Crippen LogP contribution in [0.25, 0.3) is 22.3 Å². The van der Waals surface area contributed by atoms with Crippen LogP contribution >= 0.6 is 0 Å². The van der Waals surface area contributed by atoms with E-state index in [1.807, 2.05) is 50.4 Å². The van der Waals surface area contributed by atoms with E-state index in [4.69, 9.17) is 14.5 Å². The van der Waals surface area contributed by atoms with E-state index in [9.17, 15) is 4.79 Å². The minimum atomic E-state index is -0.370. The molecule has 1 aromatic carbocycles. The van der Waals surface area contributed by atoms with E-state index in [0.29, 0.717) is 23.7 Å². The molecule has 1 fully saturated rings. The lowest BCUT2D eigenvalue weighted by Gasteiger charge is -2.33. The lowest BCUT2D eigenvalue weighted by Crippen LogP contribution is -2.45. The molecule has 0 aliphatic carbocycles. The van der Waals surface area contributed by atoms with Crippen LogP contribution in [0.2, 0.25) is 0 Å². The highest BCUT2D eigenvalue weighted by molar-refractivity contribution is 6.05. The van der Waals surface area contributed by atoms with E-state index in [2.05, 4.69) is 23.8 Å². The quantitative estimate of drug-likeness (QED) is 0.567. The molecule has 0 amide bonds. The van der Waals surface area contributed by atoms with Crippen molar-refractivity contribution in [3.05, 3.63) is 47.7 Å². The number of hydrogen-bond donors (Lipinski definition) is 0. The summed E-state index contributed by atoms with van der Waals surface area (Å²) >= 11 is 0. The zero-order chi connectivity index (χ0) is 22.0. The maximum Gasteiger partial charge on any atom is 0.339 e. The number of carbonyl (C=O) groups excluding carboxylic acids is 1. The van der Waals surface area contributed by atoms with Crippen molar-refractivity contribution in [2.24, 2.45) is 13.0 Å². The molecule has 3 heterocycles. The molecule has 1 unspecified atom stereocenters. The minimum absolute atomic E-state index is 0.114. The van der Waals surface area contributed by atoms with Crippen molar-refractivity contribution in [3.63, 3.8) is 0 Å². The first-order valence-corrected chi connectivity index (χ1v) is 10.8. The van der Waals surface area contributed by atoms with Gasteiger partial charge >= 0.3 is 5.97 Å². The fourth-order valence-corrected chi connectivity index (χ4v) is 4.17. The molecule has 0 spiro atoms. The Bertz CT molecular complexity index is 1060. The predicted molar refractivity (Wildman–Crippen MR) is 120 cm³/mol. The van der Waals surface area contributed by atoms with Gasteiger partial charge in [-0.05, 0) is 18.9 Å².